The number of nitrogens with zero attached hydrogens (tertiary/aromatic N) is 2. The van der Waals surface area contributed by atoms with E-state index in [2.05, 4.69) is 11.8 Å². The second-order valence-electron chi connectivity index (χ2n) is 20.3. The Hall–Kier alpha value is -5.45. The van der Waals surface area contributed by atoms with Gasteiger partial charge in [-0.05, 0) is 98.2 Å². The highest BCUT2D eigenvalue weighted by atomic mass is 35.5. The topological polar surface area (TPSA) is 240 Å². The zero-order valence-electron chi connectivity index (χ0n) is 47.1. The van der Waals surface area contributed by atoms with Crippen LogP contribution in [0.1, 0.15) is 106 Å². The first kappa shape index (κ1) is 79.8. The summed E-state index contributed by atoms with van der Waals surface area (Å²) in [6.07, 6.45) is 0.706. The predicted molar refractivity (Wildman–Crippen MR) is 306 cm³/mol. The van der Waals surface area contributed by atoms with Crippen LogP contribution in [0.5, 0.6) is 23.0 Å². The van der Waals surface area contributed by atoms with Gasteiger partial charge in [-0.3, -0.25) is 19.4 Å². The Morgan fingerprint density at radius 3 is 1.43 bits per heavy atom. The molecule has 0 aromatic heterocycles. The van der Waals surface area contributed by atoms with Crippen molar-refractivity contribution in [2.24, 2.45) is 0 Å². The summed E-state index contributed by atoms with van der Waals surface area (Å²) in [5.41, 5.74) is 1.67. The van der Waals surface area contributed by atoms with Crippen molar-refractivity contribution in [3.05, 3.63) is 119 Å². The summed E-state index contributed by atoms with van der Waals surface area (Å²) in [6, 6.07) is 27.9. The third kappa shape index (κ3) is 32.1. The number of carboxylic acid groups (broad SMARTS) is 2. The maximum Gasteiger partial charge on any atom is 0.359 e. The summed E-state index contributed by atoms with van der Waals surface area (Å²) in [4.78, 5) is 54.3. The Labute approximate surface area is 499 Å². The minimum absolute atomic E-state index is 0. The number of ether oxygens (including phenoxy) is 6. The van der Waals surface area contributed by atoms with E-state index in [4.69, 9.17) is 28.4 Å². The summed E-state index contributed by atoms with van der Waals surface area (Å²) in [5, 5.41) is 48.7. The molecule has 0 bridgehead atoms. The van der Waals surface area contributed by atoms with E-state index in [0.717, 1.165) is 11.1 Å². The summed E-state index contributed by atoms with van der Waals surface area (Å²) in [6.45, 7) is 19.4. The molecule has 0 amide bonds. The number of para-hydroxylation sites is 4. The SMILES string of the molecule is C.C.CCOCOc1ccccc1CN(CC(=O)OC(C)(C)C)CC(CC)N(CC(=O)OC(C)(C)C)Cc1ccccc1OCOCC.Cl.O=C(O)C[NH+](Cc1ccccc1O)CC(CO)[NH+](CC(=O)O)Cc1ccccc1O.[Cl-].[Cl-]. The largest absolute Gasteiger partial charge is 1.00 e. The molecule has 4 aromatic rings. The third-order valence-electron chi connectivity index (χ3n) is 11.7. The molecule has 0 heterocycles. The van der Waals surface area contributed by atoms with Crippen LogP contribution in [0.15, 0.2) is 97.1 Å². The first-order valence-electron chi connectivity index (χ1n) is 25.8. The number of benzene rings is 4. The molecule has 19 nitrogen and oxygen atoms in total. The smallest absolute Gasteiger partial charge is 0.359 e. The number of aliphatic carboxylic acids is 2. The molecule has 4 unspecified atom stereocenters. The summed E-state index contributed by atoms with van der Waals surface area (Å²) >= 11 is 0. The molecule has 7 N–H and O–H groups in total. The highest BCUT2D eigenvalue weighted by Crippen LogP contribution is 2.25. The number of carbonyl (C=O) groups excluding carboxylic acids is 2. The molecule has 4 aromatic carbocycles. The van der Waals surface area contributed by atoms with E-state index >= 15 is 0 Å². The van der Waals surface area contributed by atoms with E-state index < -0.39 is 29.2 Å². The van der Waals surface area contributed by atoms with Crippen molar-refractivity contribution in [2.45, 2.75) is 133 Å². The second-order valence-corrected chi connectivity index (χ2v) is 20.3. The van der Waals surface area contributed by atoms with Gasteiger partial charge < -0.3 is 88.6 Å². The first-order valence-corrected chi connectivity index (χ1v) is 25.8. The zero-order valence-corrected chi connectivity index (χ0v) is 49.4. The fraction of sp³-hybridized carbons (Fsp3) is 0.525. The summed E-state index contributed by atoms with van der Waals surface area (Å²) < 4.78 is 34.2. The molecule has 0 radical (unpaired) electrons. The van der Waals surface area contributed by atoms with Crippen LogP contribution in [0.3, 0.4) is 0 Å². The Balaban J connectivity index is -0.00000152. The first-order chi connectivity index (χ1) is 36.0. The molecule has 0 saturated carbocycles. The number of phenols is 2. The number of hydrogen-bond acceptors (Lipinski definition) is 15. The Kier molecular flexibility index (Phi) is 40.9. The Morgan fingerprint density at radius 2 is 1.01 bits per heavy atom. The van der Waals surface area contributed by atoms with Crippen molar-refractivity contribution in [2.75, 3.05) is 72.7 Å². The molecule has 0 saturated heterocycles. The highest BCUT2D eigenvalue weighted by Gasteiger charge is 2.32. The number of phenolic OH excluding ortho intramolecular Hbond substituents is 2. The van der Waals surface area contributed by atoms with Crippen molar-refractivity contribution in [3.8, 4) is 23.0 Å². The number of esters is 2. The average Bonchev–Trinajstić information content (AvgIpc) is 3.33. The quantitative estimate of drug-likeness (QED) is 0.0194. The normalized spacial score (nSPS) is 12.4. The number of aromatic hydroxyl groups is 2. The molecule has 0 aliphatic rings. The lowest BCUT2D eigenvalue weighted by Gasteiger charge is -2.35. The molecule has 0 aliphatic heterocycles. The molecule has 4 rings (SSSR count). The summed E-state index contributed by atoms with van der Waals surface area (Å²) in [5.74, 6) is -1.33. The molecule has 22 heteroatoms. The van der Waals surface area contributed by atoms with Gasteiger partial charge >= 0.3 is 23.9 Å². The highest BCUT2D eigenvalue weighted by molar-refractivity contribution is 5.85. The number of aliphatic hydroxyl groups is 1. The van der Waals surface area contributed by atoms with Gasteiger partial charge in [0.1, 0.15) is 60.4 Å². The van der Waals surface area contributed by atoms with E-state index in [0.29, 0.717) is 71.7 Å². The fourth-order valence-corrected chi connectivity index (χ4v) is 8.27. The molecule has 460 valence electrons. The maximum absolute atomic E-state index is 13.2. The van der Waals surface area contributed by atoms with Crippen LogP contribution in [0, 0.1) is 0 Å². The van der Waals surface area contributed by atoms with Crippen LogP contribution in [0.25, 0.3) is 0 Å². The zero-order chi connectivity index (χ0) is 56.3. The lowest BCUT2D eigenvalue weighted by Crippen LogP contribution is -3.23. The van der Waals surface area contributed by atoms with Crippen molar-refractivity contribution in [1.82, 2.24) is 9.80 Å². The minimum Gasteiger partial charge on any atom is -1.00 e. The van der Waals surface area contributed by atoms with Crippen molar-refractivity contribution in [3.63, 3.8) is 0 Å². The molecule has 0 fully saturated rings. The lowest BCUT2D eigenvalue weighted by molar-refractivity contribution is -0.983. The van der Waals surface area contributed by atoms with Gasteiger partial charge in [-0.1, -0.05) is 82.4 Å². The molecular formula is C59H93Cl3N4O15. The Morgan fingerprint density at radius 1 is 0.593 bits per heavy atom. The minimum atomic E-state index is -1.07. The van der Waals surface area contributed by atoms with Crippen molar-refractivity contribution in [1.29, 1.82) is 0 Å². The van der Waals surface area contributed by atoms with E-state index in [1.165, 1.54) is 12.1 Å². The lowest BCUT2D eigenvalue weighted by atomic mass is 10.1. The molecule has 0 aliphatic carbocycles. The number of nitrogens with one attached hydrogen (secondary N) is 2. The van der Waals surface area contributed by atoms with Crippen LogP contribution in [-0.2, 0) is 64.3 Å². The van der Waals surface area contributed by atoms with Crippen LogP contribution in [0.2, 0.25) is 0 Å². The van der Waals surface area contributed by atoms with E-state index in [1.807, 2.05) is 109 Å². The number of halogens is 3. The van der Waals surface area contributed by atoms with Gasteiger partial charge in [0, 0.05) is 61.1 Å². The van der Waals surface area contributed by atoms with Crippen LogP contribution >= 0.6 is 12.4 Å². The third-order valence-corrected chi connectivity index (χ3v) is 11.7. The van der Waals surface area contributed by atoms with Gasteiger partial charge in [-0.2, -0.15) is 0 Å². The summed E-state index contributed by atoms with van der Waals surface area (Å²) in [7, 11) is 0. The van der Waals surface area contributed by atoms with Crippen LogP contribution in [-0.4, -0.2) is 155 Å². The predicted octanol–water partition coefficient (Wildman–Crippen LogP) is -0.00170. The number of hydrogen-bond donors (Lipinski definition) is 7. The molecule has 81 heavy (non-hydrogen) atoms. The average molecular weight is 1200 g/mol. The van der Waals surface area contributed by atoms with Crippen LogP contribution in [0.4, 0.5) is 0 Å². The van der Waals surface area contributed by atoms with Gasteiger partial charge in [0.15, 0.2) is 32.7 Å². The van der Waals surface area contributed by atoms with E-state index in [-0.39, 0.29) is 148 Å². The van der Waals surface area contributed by atoms with E-state index in [9.17, 15) is 44.7 Å². The van der Waals surface area contributed by atoms with E-state index in [1.54, 1.807) is 36.4 Å². The number of carbonyl (C=O) groups is 4. The van der Waals surface area contributed by atoms with Crippen molar-refractivity contribution >= 4 is 36.3 Å². The monoisotopic (exact) mass is 1200 g/mol. The fourth-order valence-electron chi connectivity index (χ4n) is 8.27. The number of aliphatic hydroxyl groups excluding tert-OH is 1. The second kappa shape index (κ2) is 41.5. The molecule has 0 spiro atoms. The van der Waals surface area contributed by atoms with Gasteiger partial charge in [0.25, 0.3) is 0 Å². The van der Waals surface area contributed by atoms with Gasteiger partial charge in [-0.25, -0.2) is 9.59 Å². The standard InChI is InChI=1S/C36H56N2O8.C21H26N2O7.2CH4.3ClH/c1-10-30(38(25-34(40)46-36(7,8)9)22-29-18-14-16-20-32(29)44-27-42-12-3)23-37(24-33(39)45-35(4,5)6)21-28-17-13-15-19-31(28)43-26-41-11-2;24-14-17(23(13-21(29)30)10-16-6-2-4-8-19(16)26)11-22(12-20(27)28)9-15-5-1-3-7-18(15)25;;;;;/h13-20,30H,10-12,21-27H2,1-9H3;1-8,17,24-26H,9-14H2,(H,27,28)(H,29,30);2*1H4;3*1H. The molecular weight excluding hydrogens is 1110 g/mol. The van der Waals surface area contributed by atoms with Gasteiger partial charge in [-0.15, -0.1) is 12.4 Å². The van der Waals surface area contributed by atoms with Crippen LogP contribution < -0.4 is 44.1 Å². The number of rotatable bonds is 32. The van der Waals surface area contributed by atoms with Gasteiger partial charge in [0.05, 0.1) is 13.1 Å². The Bertz CT molecular complexity index is 2390. The number of quaternary nitrogens is 2. The van der Waals surface area contributed by atoms with Gasteiger partial charge in [0.2, 0.25) is 0 Å². The number of carboxylic acids is 2. The maximum atomic E-state index is 13.2. The van der Waals surface area contributed by atoms with Crippen molar-refractivity contribution < 1.29 is 108 Å². The molecule has 4 atom stereocenters.